The van der Waals surface area contributed by atoms with E-state index in [0.717, 1.165) is 5.56 Å². The molecule has 5 heteroatoms. The van der Waals surface area contributed by atoms with Crippen LogP contribution >= 0.6 is 0 Å². The fraction of sp³-hybridized carbons (Fsp3) is 0.125. The van der Waals surface area contributed by atoms with Crippen LogP contribution in [0.15, 0.2) is 48.5 Å². The third-order valence-electron chi connectivity index (χ3n) is 2.70. The molecule has 0 spiro atoms. The second-order valence-electron chi connectivity index (χ2n) is 4.32. The van der Waals surface area contributed by atoms with Crippen LogP contribution in [-0.2, 0) is 11.2 Å². The summed E-state index contributed by atoms with van der Waals surface area (Å²) in [6, 6.07) is 14.5. The summed E-state index contributed by atoms with van der Waals surface area (Å²) in [5, 5.41) is 11.2. The van der Waals surface area contributed by atoms with Crippen molar-refractivity contribution in [2.45, 2.75) is 6.42 Å². The van der Waals surface area contributed by atoms with Gasteiger partial charge in [0.2, 0.25) is 0 Å². The lowest BCUT2D eigenvalue weighted by Gasteiger charge is -2.07. The predicted molar refractivity (Wildman–Crippen MR) is 76.3 cm³/mol. The number of hydrogen-bond donors (Lipinski definition) is 1. The Balaban J connectivity index is 1.84. The van der Waals surface area contributed by atoms with Gasteiger partial charge in [-0.2, -0.15) is 5.26 Å². The second-order valence-corrected chi connectivity index (χ2v) is 4.32. The minimum atomic E-state index is -0.357. The van der Waals surface area contributed by atoms with Crippen LogP contribution in [0.4, 0.5) is 10.1 Å². The zero-order valence-electron chi connectivity index (χ0n) is 11.2. The molecule has 2 aromatic carbocycles. The van der Waals surface area contributed by atoms with Crippen LogP contribution < -0.4 is 10.1 Å². The first-order chi connectivity index (χ1) is 10.2. The SMILES string of the molecule is N#CCc1ccc(NC(=O)COc2ccc(F)cc2)cc1. The maximum atomic E-state index is 12.7. The molecule has 21 heavy (non-hydrogen) atoms. The molecular weight excluding hydrogens is 271 g/mol. The molecule has 1 amide bonds. The molecule has 0 saturated carbocycles. The molecule has 0 heterocycles. The molecule has 4 nitrogen and oxygen atoms in total. The number of ether oxygens (including phenoxy) is 1. The number of hydrogen-bond acceptors (Lipinski definition) is 3. The Morgan fingerprint density at radius 1 is 1.14 bits per heavy atom. The number of nitriles is 1. The fourth-order valence-electron chi connectivity index (χ4n) is 1.67. The summed E-state index contributed by atoms with van der Waals surface area (Å²) in [5.74, 6) is -0.243. The summed E-state index contributed by atoms with van der Waals surface area (Å²) in [4.78, 5) is 11.7. The van der Waals surface area contributed by atoms with Crippen molar-refractivity contribution in [2.75, 3.05) is 11.9 Å². The minimum Gasteiger partial charge on any atom is -0.484 e. The molecule has 106 valence electrons. The van der Waals surface area contributed by atoms with Crippen LogP contribution in [-0.4, -0.2) is 12.5 Å². The van der Waals surface area contributed by atoms with Gasteiger partial charge in [-0.1, -0.05) is 12.1 Å². The number of nitrogens with one attached hydrogen (secondary N) is 1. The summed E-state index contributed by atoms with van der Waals surface area (Å²) in [5.41, 5.74) is 1.52. The van der Waals surface area contributed by atoms with Gasteiger partial charge in [0.1, 0.15) is 11.6 Å². The molecule has 1 N–H and O–H groups in total. The smallest absolute Gasteiger partial charge is 0.262 e. The molecule has 0 fully saturated rings. The Morgan fingerprint density at radius 2 is 1.81 bits per heavy atom. The van der Waals surface area contributed by atoms with Gasteiger partial charge in [-0.05, 0) is 42.0 Å². The number of anilines is 1. The van der Waals surface area contributed by atoms with Gasteiger partial charge in [0.15, 0.2) is 6.61 Å². The zero-order valence-corrected chi connectivity index (χ0v) is 11.2. The Hall–Kier alpha value is -2.87. The minimum absolute atomic E-state index is 0.161. The van der Waals surface area contributed by atoms with Gasteiger partial charge in [0, 0.05) is 5.69 Å². The second kappa shape index (κ2) is 7.06. The lowest BCUT2D eigenvalue weighted by atomic mass is 10.1. The highest BCUT2D eigenvalue weighted by atomic mass is 19.1. The first-order valence-corrected chi connectivity index (χ1v) is 6.31. The molecule has 0 unspecified atom stereocenters. The van der Waals surface area contributed by atoms with E-state index in [-0.39, 0.29) is 18.3 Å². The zero-order chi connectivity index (χ0) is 15.1. The monoisotopic (exact) mass is 284 g/mol. The van der Waals surface area contributed by atoms with Crippen molar-refractivity contribution >= 4 is 11.6 Å². The van der Waals surface area contributed by atoms with Crippen molar-refractivity contribution in [1.82, 2.24) is 0 Å². The molecule has 0 bridgehead atoms. The number of carbonyl (C=O) groups is 1. The Kier molecular flexibility index (Phi) is 4.89. The normalized spacial score (nSPS) is 9.71. The van der Waals surface area contributed by atoms with Crippen LogP contribution in [0.25, 0.3) is 0 Å². The van der Waals surface area contributed by atoms with Gasteiger partial charge in [0.05, 0.1) is 12.5 Å². The maximum Gasteiger partial charge on any atom is 0.262 e. The molecule has 0 aromatic heterocycles. The Labute approximate surface area is 121 Å². The van der Waals surface area contributed by atoms with Gasteiger partial charge in [-0.15, -0.1) is 0 Å². The van der Waals surface area contributed by atoms with Crippen molar-refractivity contribution < 1.29 is 13.9 Å². The Bertz CT molecular complexity index is 645. The van der Waals surface area contributed by atoms with E-state index in [4.69, 9.17) is 10.00 Å². The van der Waals surface area contributed by atoms with E-state index in [0.29, 0.717) is 17.9 Å². The van der Waals surface area contributed by atoms with Crippen LogP contribution in [0.5, 0.6) is 5.75 Å². The summed E-state index contributed by atoms with van der Waals surface area (Å²) in [7, 11) is 0. The van der Waals surface area contributed by atoms with E-state index < -0.39 is 0 Å². The Morgan fingerprint density at radius 3 is 2.43 bits per heavy atom. The molecular formula is C16H13FN2O2. The molecule has 0 aliphatic rings. The van der Waals surface area contributed by atoms with Crippen LogP contribution in [0, 0.1) is 17.1 Å². The van der Waals surface area contributed by atoms with Crippen LogP contribution in [0.1, 0.15) is 5.56 Å². The summed E-state index contributed by atoms with van der Waals surface area (Å²) in [6.45, 7) is -0.161. The van der Waals surface area contributed by atoms with Gasteiger partial charge >= 0.3 is 0 Å². The average molecular weight is 284 g/mol. The summed E-state index contributed by atoms with van der Waals surface area (Å²) >= 11 is 0. The van der Waals surface area contributed by atoms with E-state index in [1.807, 2.05) is 0 Å². The number of nitrogens with zero attached hydrogens (tertiary/aromatic N) is 1. The van der Waals surface area contributed by atoms with Crippen molar-refractivity contribution in [3.05, 3.63) is 59.9 Å². The van der Waals surface area contributed by atoms with Crippen LogP contribution in [0.2, 0.25) is 0 Å². The van der Waals surface area contributed by atoms with E-state index in [9.17, 15) is 9.18 Å². The number of carbonyl (C=O) groups excluding carboxylic acids is 1. The van der Waals surface area contributed by atoms with Crippen LogP contribution in [0.3, 0.4) is 0 Å². The quantitative estimate of drug-likeness (QED) is 0.918. The molecule has 0 radical (unpaired) electrons. The van der Waals surface area contributed by atoms with Gasteiger partial charge < -0.3 is 10.1 Å². The standard InChI is InChI=1S/C16H13FN2O2/c17-13-3-7-15(8-4-13)21-11-16(20)19-14-5-1-12(2-6-14)9-10-18/h1-8H,9,11H2,(H,19,20). The molecule has 2 aromatic rings. The van der Waals surface area contributed by atoms with Crippen molar-refractivity contribution in [1.29, 1.82) is 5.26 Å². The average Bonchev–Trinajstić information content (AvgIpc) is 2.49. The van der Waals surface area contributed by atoms with Gasteiger partial charge in [-0.3, -0.25) is 4.79 Å². The molecule has 0 aliphatic carbocycles. The fourth-order valence-corrected chi connectivity index (χ4v) is 1.67. The van der Waals surface area contributed by atoms with Gasteiger partial charge in [0.25, 0.3) is 5.91 Å². The van der Waals surface area contributed by atoms with Crippen molar-refractivity contribution in [3.8, 4) is 11.8 Å². The van der Waals surface area contributed by atoms with E-state index in [1.54, 1.807) is 24.3 Å². The maximum absolute atomic E-state index is 12.7. The third-order valence-corrected chi connectivity index (χ3v) is 2.70. The first-order valence-electron chi connectivity index (χ1n) is 6.31. The highest BCUT2D eigenvalue weighted by Gasteiger charge is 2.04. The van der Waals surface area contributed by atoms with Gasteiger partial charge in [-0.25, -0.2) is 4.39 Å². The van der Waals surface area contributed by atoms with E-state index >= 15 is 0 Å². The summed E-state index contributed by atoms with van der Waals surface area (Å²) in [6.07, 6.45) is 0.335. The molecule has 0 atom stereocenters. The number of halogens is 1. The third kappa shape index (κ3) is 4.62. The predicted octanol–water partition coefficient (Wildman–Crippen LogP) is 2.91. The van der Waals surface area contributed by atoms with E-state index in [1.165, 1.54) is 24.3 Å². The highest BCUT2D eigenvalue weighted by molar-refractivity contribution is 5.91. The van der Waals surface area contributed by atoms with Crippen molar-refractivity contribution in [3.63, 3.8) is 0 Å². The molecule has 0 aliphatic heterocycles. The largest absolute Gasteiger partial charge is 0.484 e. The highest BCUT2D eigenvalue weighted by Crippen LogP contribution is 2.12. The number of amides is 1. The number of rotatable bonds is 5. The molecule has 2 rings (SSSR count). The number of benzene rings is 2. The topological polar surface area (TPSA) is 62.1 Å². The molecule has 0 saturated heterocycles. The lowest BCUT2D eigenvalue weighted by Crippen LogP contribution is -2.20. The van der Waals surface area contributed by atoms with E-state index in [2.05, 4.69) is 11.4 Å². The lowest BCUT2D eigenvalue weighted by molar-refractivity contribution is -0.118. The first kappa shape index (κ1) is 14.5. The van der Waals surface area contributed by atoms with Crippen molar-refractivity contribution in [2.24, 2.45) is 0 Å². The summed E-state index contributed by atoms with van der Waals surface area (Å²) < 4.78 is 17.9.